The fourth-order valence-corrected chi connectivity index (χ4v) is 8.69. The molecular weight excluding hydrogens is 937 g/mol. The molecule has 74 heavy (non-hydrogen) atoms. The predicted molar refractivity (Wildman–Crippen MR) is 293 cm³/mol. The first-order chi connectivity index (χ1) is 35.8. The number of esters is 1. The molecule has 4 rings (SSSR count). The summed E-state index contributed by atoms with van der Waals surface area (Å²) in [4.78, 5) is 14.2. The largest absolute Gasteiger partial charge is 0.497 e. The Kier molecular flexibility index (Phi) is 28.2. The minimum absolute atomic E-state index is 0.0219. The Morgan fingerprint density at radius 1 is 0.541 bits per heavy atom. The third-order valence-electron chi connectivity index (χ3n) is 13.2. The average molecular weight is 1020 g/mol. The number of carbonyl (C=O) groups excluding carboxylic acids is 1. The van der Waals surface area contributed by atoms with Gasteiger partial charge in [0.25, 0.3) is 0 Å². The van der Waals surface area contributed by atoms with Gasteiger partial charge in [-0.05, 0) is 104 Å². The first-order valence-corrected chi connectivity index (χ1v) is 26.3. The molecule has 12 heteroatoms. The lowest BCUT2D eigenvalue weighted by Gasteiger charge is -2.32. The van der Waals surface area contributed by atoms with E-state index in [-0.39, 0.29) is 38.4 Å². The van der Waals surface area contributed by atoms with E-state index in [1.807, 2.05) is 117 Å². The van der Waals surface area contributed by atoms with Crippen molar-refractivity contribution in [1.82, 2.24) is 0 Å². The molecule has 0 radical (unpaired) electrons. The maximum absolute atomic E-state index is 14.2. The van der Waals surface area contributed by atoms with E-state index in [2.05, 4.69) is 26.8 Å². The van der Waals surface area contributed by atoms with Gasteiger partial charge in [-0.25, -0.2) is 4.79 Å². The van der Waals surface area contributed by atoms with Crippen LogP contribution in [0, 0.1) is 11.8 Å². The van der Waals surface area contributed by atoms with E-state index in [1.54, 1.807) is 41.4 Å². The van der Waals surface area contributed by atoms with Crippen LogP contribution < -0.4 is 18.9 Å². The number of ether oxygens (including phenoxy) is 9. The van der Waals surface area contributed by atoms with E-state index in [9.17, 15) is 15.0 Å². The molecule has 0 aliphatic rings. The second-order valence-corrected chi connectivity index (χ2v) is 19.2. The van der Waals surface area contributed by atoms with E-state index in [1.165, 1.54) is 38.5 Å². The molecule has 0 unspecified atom stereocenters. The molecule has 0 aromatic heterocycles. The van der Waals surface area contributed by atoms with E-state index in [0.717, 1.165) is 52.0 Å². The third kappa shape index (κ3) is 21.8. The third-order valence-corrected chi connectivity index (χ3v) is 13.2. The van der Waals surface area contributed by atoms with Crippen molar-refractivity contribution < 1.29 is 57.6 Å². The second-order valence-electron chi connectivity index (χ2n) is 19.2. The monoisotopic (exact) mass is 1020 g/mol. The molecular formula is C62H86O12. The lowest BCUT2D eigenvalue weighted by atomic mass is 9.93. The van der Waals surface area contributed by atoms with Crippen LogP contribution in [-0.4, -0.2) is 88.4 Å². The zero-order chi connectivity index (χ0) is 53.7. The van der Waals surface area contributed by atoms with Gasteiger partial charge in [-0.1, -0.05) is 138 Å². The van der Waals surface area contributed by atoms with Crippen molar-refractivity contribution >= 4 is 5.97 Å². The molecule has 406 valence electrons. The van der Waals surface area contributed by atoms with Gasteiger partial charge in [-0.2, -0.15) is 0 Å². The summed E-state index contributed by atoms with van der Waals surface area (Å²) in [6.07, 6.45) is 11.7. The molecule has 0 saturated heterocycles. The summed E-state index contributed by atoms with van der Waals surface area (Å²) in [5.74, 6) is 1.97. The fourth-order valence-electron chi connectivity index (χ4n) is 8.69. The Labute approximate surface area is 442 Å². The van der Waals surface area contributed by atoms with E-state index in [0.29, 0.717) is 29.4 Å². The maximum atomic E-state index is 14.2. The molecule has 4 aromatic carbocycles. The summed E-state index contributed by atoms with van der Waals surface area (Å²) in [6.45, 7) is 12.4. The van der Waals surface area contributed by atoms with Crippen molar-refractivity contribution in [3.05, 3.63) is 154 Å². The van der Waals surface area contributed by atoms with Crippen LogP contribution >= 0.6 is 0 Å². The number of carbonyl (C=O) groups is 1. The number of aliphatic hydroxyl groups excluding tert-OH is 2. The molecule has 0 aliphatic carbocycles. The Balaban J connectivity index is 1.53. The lowest BCUT2D eigenvalue weighted by molar-refractivity contribution is -0.182. The molecule has 0 amide bonds. The van der Waals surface area contributed by atoms with Crippen LogP contribution in [0.15, 0.2) is 132 Å². The van der Waals surface area contributed by atoms with Crippen molar-refractivity contribution in [1.29, 1.82) is 0 Å². The molecule has 0 heterocycles. The molecule has 0 fully saturated rings. The van der Waals surface area contributed by atoms with E-state index >= 15 is 0 Å². The molecule has 0 spiro atoms. The highest BCUT2D eigenvalue weighted by Gasteiger charge is 2.35. The topological polar surface area (TPSA) is 141 Å². The number of unbranched alkanes of at least 4 members (excludes halogenated alkanes) is 6. The zero-order valence-corrected chi connectivity index (χ0v) is 45.9. The fraction of sp³-hybridized carbons (Fsp3) is 0.500. The maximum Gasteiger partial charge on any atom is 0.333 e. The van der Waals surface area contributed by atoms with Crippen molar-refractivity contribution in [2.75, 3.05) is 41.7 Å². The van der Waals surface area contributed by atoms with Gasteiger partial charge >= 0.3 is 5.97 Å². The number of hydrogen-bond donors (Lipinski definition) is 2. The zero-order valence-electron chi connectivity index (χ0n) is 45.9. The molecule has 4 aromatic rings. The number of aliphatic hydroxyl groups is 2. The molecule has 2 N–H and O–H groups in total. The van der Waals surface area contributed by atoms with Gasteiger partial charge in [0.1, 0.15) is 35.2 Å². The Morgan fingerprint density at radius 2 is 0.973 bits per heavy atom. The quantitative estimate of drug-likeness (QED) is 0.0194. The highest BCUT2D eigenvalue weighted by atomic mass is 16.6. The molecule has 0 bridgehead atoms. The minimum atomic E-state index is -1.04. The van der Waals surface area contributed by atoms with E-state index in [4.69, 9.17) is 42.6 Å². The summed E-state index contributed by atoms with van der Waals surface area (Å²) in [5.41, 5.74) is 5.72. The van der Waals surface area contributed by atoms with Gasteiger partial charge in [0.2, 0.25) is 0 Å². The second kappa shape index (κ2) is 34.2. The average Bonchev–Trinajstić information content (AvgIpc) is 3.42. The standard InChI is InChI=1S/C62H86O12/c1-11-12-13-14-15-16-17-18-57(71-40-50-21-29-54(67-8)30-22-50)45(3)35-44(2)36-46(4)60(64)47(5)37-48(6)62(65)74-59(43-70-39-49-19-27-53(66-7)28-20-49)61(73-42-52-25-33-56(69-10)34-26-52)58(38-63)72-41-51-23-31-55(68-9)32-24-51/h19-37,45,47,57-61,63-64H,11-18,38-43H2,1-10H3/b44-35+,46-36+,48-37+/t45-,47+,57+,58+,59+,60-,61-/m0/s1. The van der Waals surface area contributed by atoms with Crippen LogP contribution in [0.1, 0.15) is 115 Å². The molecule has 0 saturated carbocycles. The first kappa shape index (κ1) is 61.1. The normalized spacial score (nSPS) is 15.1. The van der Waals surface area contributed by atoms with Gasteiger partial charge in [-0.15, -0.1) is 0 Å². The first-order valence-electron chi connectivity index (χ1n) is 26.3. The summed E-state index contributed by atoms with van der Waals surface area (Å²) in [7, 11) is 6.48. The highest BCUT2D eigenvalue weighted by Crippen LogP contribution is 2.26. The number of allylic oxidation sites excluding steroid dienone is 2. The van der Waals surface area contributed by atoms with Crippen molar-refractivity contribution in [3.8, 4) is 23.0 Å². The molecule has 0 aliphatic heterocycles. The van der Waals surface area contributed by atoms with Gasteiger partial charge in [0.05, 0.1) is 80.3 Å². The smallest absolute Gasteiger partial charge is 0.333 e. The number of hydrogen-bond acceptors (Lipinski definition) is 12. The van der Waals surface area contributed by atoms with Crippen molar-refractivity contribution in [2.45, 2.75) is 150 Å². The molecule has 12 nitrogen and oxygen atoms in total. The van der Waals surface area contributed by atoms with Crippen molar-refractivity contribution in [2.24, 2.45) is 11.8 Å². The Morgan fingerprint density at radius 3 is 1.43 bits per heavy atom. The summed E-state index contributed by atoms with van der Waals surface area (Å²) >= 11 is 0. The van der Waals surface area contributed by atoms with Crippen molar-refractivity contribution in [3.63, 3.8) is 0 Å². The van der Waals surface area contributed by atoms with E-state index < -0.39 is 42.9 Å². The van der Waals surface area contributed by atoms with Gasteiger partial charge in [0.15, 0.2) is 6.10 Å². The van der Waals surface area contributed by atoms with Gasteiger partial charge in [-0.3, -0.25) is 0 Å². The van der Waals surface area contributed by atoms with Crippen LogP contribution in [0.5, 0.6) is 23.0 Å². The minimum Gasteiger partial charge on any atom is -0.497 e. The summed E-state index contributed by atoms with van der Waals surface area (Å²) in [6, 6.07) is 30.4. The van der Waals surface area contributed by atoms with Crippen LogP contribution in [0.2, 0.25) is 0 Å². The van der Waals surface area contributed by atoms with Gasteiger partial charge < -0.3 is 52.8 Å². The lowest BCUT2D eigenvalue weighted by Crippen LogP contribution is -2.47. The van der Waals surface area contributed by atoms with Crippen LogP contribution in [-0.2, 0) is 54.9 Å². The number of benzene rings is 4. The number of rotatable bonds is 36. The Hall–Kier alpha value is -5.47. The van der Waals surface area contributed by atoms with Crippen LogP contribution in [0.4, 0.5) is 0 Å². The highest BCUT2D eigenvalue weighted by molar-refractivity contribution is 5.88. The Bertz CT molecular complexity index is 2250. The van der Waals surface area contributed by atoms with Crippen LogP contribution in [0.3, 0.4) is 0 Å². The van der Waals surface area contributed by atoms with Crippen LogP contribution in [0.25, 0.3) is 0 Å². The number of methoxy groups -OCH3 is 4. The molecule has 7 atom stereocenters. The van der Waals surface area contributed by atoms with Gasteiger partial charge in [0, 0.05) is 17.4 Å². The summed E-state index contributed by atoms with van der Waals surface area (Å²) in [5, 5.41) is 22.6. The SMILES string of the molecule is CCCCCCCCC[C@@H](OCc1ccc(OC)cc1)[C@@H](C)/C=C(C)/C=C(\C)[C@H](O)[C@H](C)/C=C(\C)C(=O)O[C@H](COCc1ccc(OC)cc1)[C@@H](OCc1ccc(OC)cc1)[C@@H](CO)OCc1ccc(OC)cc1. The summed E-state index contributed by atoms with van der Waals surface area (Å²) < 4.78 is 53.4. The predicted octanol–water partition coefficient (Wildman–Crippen LogP) is 12.5.